The summed E-state index contributed by atoms with van der Waals surface area (Å²) in [5, 5.41) is 3.62. The summed E-state index contributed by atoms with van der Waals surface area (Å²) < 4.78 is 5.39. The molecule has 0 bridgehead atoms. The van der Waals surface area contributed by atoms with Crippen LogP contribution in [0.25, 0.3) is 0 Å². The van der Waals surface area contributed by atoms with E-state index in [2.05, 4.69) is 34.5 Å². The van der Waals surface area contributed by atoms with Gasteiger partial charge in [0, 0.05) is 32.0 Å². The van der Waals surface area contributed by atoms with Gasteiger partial charge in [-0.2, -0.15) is 0 Å². The summed E-state index contributed by atoms with van der Waals surface area (Å²) >= 11 is 0. The van der Waals surface area contributed by atoms with E-state index in [4.69, 9.17) is 4.74 Å². The second-order valence-electron chi connectivity index (χ2n) is 5.98. The second kappa shape index (κ2) is 7.09. The number of hydrogen-bond acceptors (Lipinski definition) is 3. The molecule has 3 rings (SSSR count). The van der Waals surface area contributed by atoms with Crippen molar-refractivity contribution in [3.8, 4) is 0 Å². The van der Waals surface area contributed by atoms with Crippen LogP contribution in [0.2, 0.25) is 0 Å². The van der Waals surface area contributed by atoms with Gasteiger partial charge in [0.2, 0.25) is 0 Å². The summed E-state index contributed by atoms with van der Waals surface area (Å²) in [4.78, 5) is 2.53. The average Bonchev–Trinajstić information content (AvgIpc) is 2.91. The molecule has 1 aromatic rings. The van der Waals surface area contributed by atoms with E-state index in [-0.39, 0.29) is 0 Å². The third kappa shape index (κ3) is 3.53. The van der Waals surface area contributed by atoms with Crippen molar-refractivity contribution in [2.45, 2.75) is 25.7 Å². The molecule has 0 radical (unpaired) electrons. The van der Waals surface area contributed by atoms with E-state index in [0.717, 1.165) is 25.7 Å². The fourth-order valence-corrected chi connectivity index (χ4v) is 3.29. The zero-order chi connectivity index (χ0) is 13.6. The fourth-order valence-electron chi connectivity index (χ4n) is 3.29. The van der Waals surface area contributed by atoms with Gasteiger partial charge in [0.15, 0.2) is 0 Å². The summed E-state index contributed by atoms with van der Waals surface area (Å²) in [5.41, 5.74) is 2.97. The maximum Gasteiger partial charge on any atom is 0.0469 e. The Balaban J connectivity index is 1.32. The van der Waals surface area contributed by atoms with Crippen LogP contribution in [0.15, 0.2) is 24.3 Å². The first-order chi connectivity index (χ1) is 9.93. The van der Waals surface area contributed by atoms with Gasteiger partial charge in [0.05, 0.1) is 0 Å². The normalized spacial score (nSPS) is 19.3. The molecule has 2 heterocycles. The Morgan fingerprint density at radius 1 is 1.20 bits per heavy atom. The lowest BCUT2D eigenvalue weighted by atomic mass is 10.0. The van der Waals surface area contributed by atoms with Crippen LogP contribution in [0.3, 0.4) is 0 Å². The molecule has 1 fully saturated rings. The van der Waals surface area contributed by atoms with Gasteiger partial charge in [-0.05, 0) is 56.3 Å². The van der Waals surface area contributed by atoms with Crippen LogP contribution in [-0.4, -0.2) is 39.4 Å². The number of nitrogens with zero attached hydrogens (tertiary/aromatic N) is 1. The molecule has 0 unspecified atom stereocenters. The number of rotatable bonds is 6. The van der Waals surface area contributed by atoms with Crippen LogP contribution in [-0.2, 0) is 11.2 Å². The van der Waals surface area contributed by atoms with Crippen LogP contribution < -0.4 is 10.2 Å². The molecule has 20 heavy (non-hydrogen) atoms. The lowest BCUT2D eigenvalue weighted by Crippen LogP contribution is -2.30. The number of nitrogens with one attached hydrogen (secondary N) is 1. The molecule has 0 atom stereocenters. The van der Waals surface area contributed by atoms with E-state index < -0.39 is 0 Å². The molecule has 3 nitrogen and oxygen atoms in total. The molecule has 2 aliphatic heterocycles. The molecule has 0 aliphatic carbocycles. The highest BCUT2D eigenvalue weighted by molar-refractivity contribution is 5.57. The van der Waals surface area contributed by atoms with Gasteiger partial charge in [-0.3, -0.25) is 0 Å². The molecule has 0 amide bonds. The first-order valence-corrected chi connectivity index (χ1v) is 8.05. The molecule has 0 spiro atoms. The van der Waals surface area contributed by atoms with Gasteiger partial charge in [-0.25, -0.2) is 0 Å². The Morgan fingerprint density at radius 3 is 2.95 bits per heavy atom. The zero-order valence-electron chi connectivity index (χ0n) is 12.3. The van der Waals surface area contributed by atoms with Crippen molar-refractivity contribution in [1.29, 1.82) is 0 Å². The molecular weight excluding hydrogens is 248 g/mol. The summed E-state index contributed by atoms with van der Waals surface area (Å²) in [5.74, 6) is 0.830. The third-order valence-corrected chi connectivity index (χ3v) is 4.54. The standard InChI is InChI=1S/C17H26N2O/c1-2-5-17-16(4-1)6-11-19(17)10-3-9-18-14-15-7-12-20-13-8-15/h1-2,4-5,15,18H,3,6-14H2. The summed E-state index contributed by atoms with van der Waals surface area (Å²) in [6.45, 7) is 6.58. The molecule has 1 N–H and O–H groups in total. The summed E-state index contributed by atoms with van der Waals surface area (Å²) in [6.07, 6.45) is 4.90. The van der Waals surface area contributed by atoms with E-state index in [9.17, 15) is 0 Å². The smallest absolute Gasteiger partial charge is 0.0469 e. The van der Waals surface area contributed by atoms with Gasteiger partial charge in [-0.15, -0.1) is 0 Å². The maximum absolute atomic E-state index is 5.39. The molecule has 2 aliphatic rings. The molecule has 110 valence electrons. The van der Waals surface area contributed by atoms with E-state index in [1.54, 1.807) is 0 Å². The highest BCUT2D eigenvalue weighted by Gasteiger charge is 2.17. The van der Waals surface area contributed by atoms with Gasteiger partial charge < -0.3 is 15.0 Å². The van der Waals surface area contributed by atoms with Crippen molar-refractivity contribution >= 4 is 5.69 Å². The van der Waals surface area contributed by atoms with Crippen molar-refractivity contribution in [2.75, 3.05) is 44.3 Å². The second-order valence-corrected chi connectivity index (χ2v) is 5.98. The minimum atomic E-state index is 0.830. The Bertz CT molecular complexity index is 415. The first-order valence-electron chi connectivity index (χ1n) is 8.05. The average molecular weight is 274 g/mol. The highest BCUT2D eigenvalue weighted by atomic mass is 16.5. The van der Waals surface area contributed by atoms with Gasteiger partial charge >= 0.3 is 0 Å². The van der Waals surface area contributed by atoms with Crippen molar-refractivity contribution < 1.29 is 4.74 Å². The Hall–Kier alpha value is -1.06. The highest BCUT2D eigenvalue weighted by Crippen LogP contribution is 2.27. The van der Waals surface area contributed by atoms with Crippen LogP contribution in [0.1, 0.15) is 24.8 Å². The van der Waals surface area contributed by atoms with Gasteiger partial charge in [0.1, 0.15) is 0 Å². The summed E-state index contributed by atoms with van der Waals surface area (Å²) in [7, 11) is 0. The Labute approximate surface area is 122 Å². The maximum atomic E-state index is 5.39. The van der Waals surface area contributed by atoms with Crippen molar-refractivity contribution in [2.24, 2.45) is 5.92 Å². The number of para-hydroxylation sites is 1. The molecular formula is C17H26N2O. The SMILES string of the molecule is c1ccc2c(c1)CCN2CCCNCC1CCOCC1. The topological polar surface area (TPSA) is 24.5 Å². The summed E-state index contributed by atoms with van der Waals surface area (Å²) in [6, 6.07) is 8.83. The zero-order valence-corrected chi connectivity index (χ0v) is 12.3. The van der Waals surface area contributed by atoms with Crippen molar-refractivity contribution in [3.63, 3.8) is 0 Å². The number of anilines is 1. The van der Waals surface area contributed by atoms with Gasteiger partial charge in [-0.1, -0.05) is 18.2 Å². The molecule has 0 saturated carbocycles. The molecule has 0 aromatic heterocycles. The van der Waals surface area contributed by atoms with E-state index in [1.165, 1.54) is 56.6 Å². The molecule has 1 aromatic carbocycles. The molecule has 1 saturated heterocycles. The number of benzene rings is 1. The number of hydrogen-bond donors (Lipinski definition) is 1. The first kappa shape index (κ1) is 13.9. The molecule has 3 heteroatoms. The van der Waals surface area contributed by atoms with Crippen LogP contribution in [0, 0.1) is 5.92 Å². The largest absolute Gasteiger partial charge is 0.381 e. The van der Waals surface area contributed by atoms with E-state index >= 15 is 0 Å². The number of ether oxygens (including phenoxy) is 1. The van der Waals surface area contributed by atoms with E-state index in [1.807, 2.05) is 0 Å². The minimum Gasteiger partial charge on any atom is -0.381 e. The van der Waals surface area contributed by atoms with Crippen molar-refractivity contribution in [1.82, 2.24) is 5.32 Å². The minimum absolute atomic E-state index is 0.830. The van der Waals surface area contributed by atoms with Gasteiger partial charge in [0.25, 0.3) is 0 Å². The number of fused-ring (bicyclic) bond motifs is 1. The quantitative estimate of drug-likeness (QED) is 0.807. The fraction of sp³-hybridized carbons (Fsp3) is 0.647. The third-order valence-electron chi connectivity index (χ3n) is 4.54. The predicted octanol–water partition coefficient (Wildman–Crippen LogP) is 2.46. The Kier molecular flexibility index (Phi) is 4.93. The van der Waals surface area contributed by atoms with Crippen LogP contribution >= 0.6 is 0 Å². The van der Waals surface area contributed by atoms with Crippen LogP contribution in [0.5, 0.6) is 0 Å². The predicted molar refractivity (Wildman–Crippen MR) is 83.4 cm³/mol. The van der Waals surface area contributed by atoms with Crippen molar-refractivity contribution in [3.05, 3.63) is 29.8 Å². The Morgan fingerprint density at radius 2 is 2.05 bits per heavy atom. The van der Waals surface area contributed by atoms with E-state index in [0.29, 0.717) is 0 Å². The van der Waals surface area contributed by atoms with Crippen LogP contribution in [0.4, 0.5) is 5.69 Å². The lowest BCUT2D eigenvalue weighted by molar-refractivity contribution is 0.0664. The lowest BCUT2D eigenvalue weighted by Gasteiger charge is -2.23. The monoisotopic (exact) mass is 274 g/mol.